The molecule has 0 spiro atoms. The number of benzene rings is 2. The van der Waals surface area contributed by atoms with E-state index in [1.165, 1.54) is 17.7 Å². The lowest BCUT2D eigenvalue weighted by molar-refractivity contribution is 0.0917. The number of anilines is 1. The topological polar surface area (TPSA) is 86.0 Å². The lowest BCUT2D eigenvalue weighted by atomic mass is 10.1. The van der Waals surface area contributed by atoms with Crippen molar-refractivity contribution in [2.45, 2.75) is 25.9 Å². The Bertz CT molecular complexity index is 1150. The van der Waals surface area contributed by atoms with Crippen molar-refractivity contribution in [3.63, 3.8) is 0 Å². The fourth-order valence-electron chi connectivity index (χ4n) is 3.69. The zero-order chi connectivity index (χ0) is 20.5. The van der Waals surface area contributed by atoms with Crippen molar-refractivity contribution in [1.29, 1.82) is 0 Å². The maximum Gasteiger partial charge on any atom is 0.260 e. The summed E-state index contributed by atoms with van der Waals surface area (Å²) in [5.41, 5.74) is 3.24. The van der Waals surface area contributed by atoms with Gasteiger partial charge in [0.1, 0.15) is 6.33 Å². The average Bonchev–Trinajstić information content (AvgIpc) is 3.53. The Balaban J connectivity index is 1.50. The van der Waals surface area contributed by atoms with Gasteiger partial charge in [0.2, 0.25) is 0 Å². The van der Waals surface area contributed by atoms with Crippen LogP contribution in [0, 0.1) is 6.92 Å². The highest BCUT2D eigenvalue weighted by Gasteiger charge is 2.27. The minimum atomic E-state index is -0.0871. The lowest BCUT2D eigenvalue weighted by Gasteiger charge is -2.23. The number of aromatic nitrogens is 5. The first kappa shape index (κ1) is 18.8. The Morgan fingerprint density at radius 3 is 2.93 bits per heavy atom. The Hall–Kier alpha value is -3.17. The van der Waals surface area contributed by atoms with E-state index in [1.807, 2.05) is 49.4 Å². The van der Waals surface area contributed by atoms with Gasteiger partial charge in [-0.15, -0.1) is 5.10 Å². The first-order valence-corrected chi connectivity index (χ1v) is 10.6. The molecule has 4 aromatic rings. The van der Waals surface area contributed by atoms with Crippen LogP contribution in [-0.2, 0) is 4.74 Å². The number of carbonyl (C=O) groups excluding carboxylic acids is 1. The van der Waals surface area contributed by atoms with Gasteiger partial charge in [0.25, 0.3) is 5.91 Å². The Morgan fingerprint density at radius 2 is 2.20 bits per heavy atom. The highest BCUT2D eigenvalue weighted by atomic mass is 32.1. The van der Waals surface area contributed by atoms with Gasteiger partial charge >= 0.3 is 0 Å². The van der Waals surface area contributed by atoms with E-state index in [4.69, 9.17) is 9.72 Å². The van der Waals surface area contributed by atoms with Crippen LogP contribution in [0.25, 0.3) is 15.9 Å². The molecule has 152 valence electrons. The van der Waals surface area contributed by atoms with Gasteiger partial charge < -0.3 is 4.74 Å². The van der Waals surface area contributed by atoms with Crippen molar-refractivity contribution in [3.8, 4) is 5.69 Å². The quantitative estimate of drug-likeness (QED) is 0.492. The van der Waals surface area contributed by atoms with Crippen molar-refractivity contribution in [2.24, 2.45) is 0 Å². The van der Waals surface area contributed by atoms with Crippen molar-refractivity contribution < 1.29 is 9.53 Å². The molecule has 1 atom stereocenters. The smallest absolute Gasteiger partial charge is 0.260 e. The molecular weight excluding hydrogens is 400 g/mol. The van der Waals surface area contributed by atoms with Gasteiger partial charge in [0, 0.05) is 12.2 Å². The molecule has 9 heteroatoms. The number of thiazole rings is 1. The van der Waals surface area contributed by atoms with Crippen LogP contribution >= 0.6 is 11.3 Å². The summed E-state index contributed by atoms with van der Waals surface area (Å²) in [6.45, 7) is 3.18. The number of carbonyl (C=O) groups is 1. The molecule has 1 unspecified atom stereocenters. The first-order chi connectivity index (χ1) is 14.7. The predicted molar refractivity (Wildman–Crippen MR) is 114 cm³/mol. The standard InChI is InChI=1S/C21H20N6O2S/c1-14-11-15(8-9-18(14)27-13-22-24-25-27)20(28)26(12-16-5-4-10-29-16)21-23-17-6-2-3-7-19(17)30-21/h2-3,6-9,11,13,16H,4-5,10,12H2,1H3. The average molecular weight is 420 g/mol. The van der Waals surface area contributed by atoms with Crippen LogP contribution in [0.15, 0.2) is 48.8 Å². The van der Waals surface area contributed by atoms with Crippen molar-refractivity contribution >= 4 is 32.6 Å². The molecule has 3 heterocycles. The molecule has 0 aliphatic carbocycles. The summed E-state index contributed by atoms with van der Waals surface area (Å²) in [4.78, 5) is 20.0. The molecule has 0 bridgehead atoms. The van der Waals surface area contributed by atoms with E-state index >= 15 is 0 Å². The van der Waals surface area contributed by atoms with Crippen LogP contribution in [0.2, 0.25) is 0 Å². The molecule has 30 heavy (non-hydrogen) atoms. The van der Waals surface area contributed by atoms with Gasteiger partial charge in [-0.25, -0.2) is 9.67 Å². The third-order valence-electron chi connectivity index (χ3n) is 5.21. The fourth-order valence-corrected chi connectivity index (χ4v) is 4.66. The van der Waals surface area contributed by atoms with E-state index in [-0.39, 0.29) is 12.0 Å². The largest absolute Gasteiger partial charge is 0.376 e. The molecule has 2 aromatic carbocycles. The molecule has 1 saturated heterocycles. The zero-order valence-electron chi connectivity index (χ0n) is 16.4. The van der Waals surface area contributed by atoms with Gasteiger partial charge in [0.15, 0.2) is 5.13 Å². The Kier molecular flexibility index (Phi) is 4.97. The molecule has 8 nitrogen and oxygen atoms in total. The van der Waals surface area contributed by atoms with E-state index < -0.39 is 0 Å². The third-order valence-corrected chi connectivity index (χ3v) is 6.27. The molecule has 1 amide bonds. The molecule has 5 rings (SSSR count). The maximum atomic E-state index is 13.5. The SMILES string of the molecule is Cc1cc(C(=O)N(CC2CCCO2)c2nc3ccccc3s2)ccc1-n1cnnn1. The highest BCUT2D eigenvalue weighted by Crippen LogP contribution is 2.31. The van der Waals surface area contributed by atoms with Crippen LogP contribution in [0.1, 0.15) is 28.8 Å². The summed E-state index contributed by atoms with van der Waals surface area (Å²) >= 11 is 1.52. The number of rotatable bonds is 5. The van der Waals surface area contributed by atoms with Crippen LogP contribution in [0.3, 0.4) is 0 Å². The summed E-state index contributed by atoms with van der Waals surface area (Å²) in [7, 11) is 0. The fraction of sp³-hybridized carbons (Fsp3) is 0.286. The third kappa shape index (κ3) is 3.57. The number of hydrogen-bond acceptors (Lipinski definition) is 7. The van der Waals surface area contributed by atoms with Gasteiger partial charge in [-0.1, -0.05) is 23.5 Å². The molecular formula is C21H20N6O2S. The summed E-state index contributed by atoms with van der Waals surface area (Å²) < 4.78 is 8.46. The van der Waals surface area contributed by atoms with Crippen LogP contribution in [-0.4, -0.2) is 50.4 Å². The predicted octanol–water partition coefficient (Wildman–Crippen LogP) is 3.41. The van der Waals surface area contributed by atoms with Crippen molar-refractivity contribution in [2.75, 3.05) is 18.1 Å². The number of hydrogen-bond donors (Lipinski definition) is 0. The Morgan fingerprint density at radius 1 is 1.30 bits per heavy atom. The molecule has 0 radical (unpaired) electrons. The van der Waals surface area contributed by atoms with E-state index in [1.54, 1.807) is 9.58 Å². The number of amides is 1. The van der Waals surface area contributed by atoms with Gasteiger partial charge in [-0.2, -0.15) is 0 Å². The maximum absolute atomic E-state index is 13.5. The molecule has 0 N–H and O–H groups in total. The second kappa shape index (κ2) is 7.92. The van der Waals surface area contributed by atoms with E-state index in [2.05, 4.69) is 15.5 Å². The number of para-hydroxylation sites is 1. The van der Waals surface area contributed by atoms with Crippen LogP contribution in [0.5, 0.6) is 0 Å². The molecule has 2 aromatic heterocycles. The van der Waals surface area contributed by atoms with Crippen LogP contribution in [0.4, 0.5) is 5.13 Å². The zero-order valence-corrected chi connectivity index (χ0v) is 17.2. The lowest BCUT2D eigenvalue weighted by Crippen LogP contribution is -2.37. The minimum Gasteiger partial charge on any atom is -0.376 e. The number of fused-ring (bicyclic) bond motifs is 1. The summed E-state index contributed by atoms with van der Waals surface area (Å²) in [6.07, 6.45) is 3.54. The molecule has 1 fully saturated rings. The summed E-state index contributed by atoms with van der Waals surface area (Å²) in [5, 5.41) is 12.0. The van der Waals surface area contributed by atoms with E-state index in [9.17, 15) is 4.79 Å². The second-order valence-electron chi connectivity index (χ2n) is 7.27. The monoisotopic (exact) mass is 420 g/mol. The van der Waals surface area contributed by atoms with E-state index in [0.29, 0.717) is 17.2 Å². The molecule has 1 aliphatic rings. The van der Waals surface area contributed by atoms with Crippen molar-refractivity contribution in [3.05, 3.63) is 59.9 Å². The number of ether oxygens (including phenoxy) is 1. The number of nitrogens with zero attached hydrogens (tertiary/aromatic N) is 6. The summed E-state index contributed by atoms with van der Waals surface area (Å²) in [6, 6.07) is 13.5. The van der Waals surface area contributed by atoms with Gasteiger partial charge in [-0.05, 0) is 66.1 Å². The van der Waals surface area contributed by atoms with Crippen molar-refractivity contribution in [1.82, 2.24) is 25.2 Å². The molecule has 0 saturated carbocycles. The first-order valence-electron chi connectivity index (χ1n) is 9.82. The minimum absolute atomic E-state index is 0.0301. The molecule has 1 aliphatic heterocycles. The summed E-state index contributed by atoms with van der Waals surface area (Å²) in [5.74, 6) is -0.0871. The van der Waals surface area contributed by atoms with Gasteiger partial charge in [-0.3, -0.25) is 9.69 Å². The van der Waals surface area contributed by atoms with E-state index in [0.717, 1.165) is 40.9 Å². The number of aryl methyl sites for hydroxylation is 1. The van der Waals surface area contributed by atoms with Crippen LogP contribution < -0.4 is 4.90 Å². The second-order valence-corrected chi connectivity index (χ2v) is 8.28. The highest BCUT2D eigenvalue weighted by molar-refractivity contribution is 7.22. The Labute approximate surface area is 177 Å². The van der Waals surface area contributed by atoms with Gasteiger partial charge in [0.05, 0.1) is 28.6 Å². The normalized spacial score (nSPS) is 16.2. The number of tetrazole rings is 1.